The van der Waals surface area contributed by atoms with Crippen LogP contribution in [0.5, 0.6) is 11.5 Å². The van der Waals surface area contributed by atoms with Crippen LogP contribution in [0.25, 0.3) is 11.3 Å². The molecule has 6 nitrogen and oxygen atoms in total. The maximum Gasteiger partial charge on any atom is 0.338 e. The molecule has 3 aromatic rings. The lowest BCUT2D eigenvalue weighted by Crippen LogP contribution is -2.06. The molecule has 0 amide bonds. The summed E-state index contributed by atoms with van der Waals surface area (Å²) in [5.41, 5.74) is 1.96. The normalized spacial score (nSPS) is 10.3. The lowest BCUT2D eigenvalue weighted by molar-refractivity contribution is 0.0437. The minimum Gasteiger partial charge on any atom is -0.493 e. The van der Waals surface area contributed by atoms with E-state index in [1.54, 1.807) is 30.3 Å². The topological polar surface area (TPSA) is 70.8 Å². The van der Waals surface area contributed by atoms with Gasteiger partial charge in [0.25, 0.3) is 0 Å². The number of benzene rings is 2. The second-order valence-corrected chi connectivity index (χ2v) is 5.59. The van der Waals surface area contributed by atoms with E-state index in [4.69, 9.17) is 18.7 Å². The molecule has 0 aliphatic carbocycles. The first kappa shape index (κ1) is 18.3. The van der Waals surface area contributed by atoms with Crippen LogP contribution < -0.4 is 9.47 Å². The number of rotatable bonds is 8. The van der Waals surface area contributed by atoms with Gasteiger partial charge in [-0.3, -0.25) is 0 Å². The molecule has 0 fully saturated rings. The lowest BCUT2D eigenvalue weighted by Gasteiger charge is -2.10. The minimum absolute atomic E-state index is 0.0182. The van der Waals surface area contributed by atoms with E-state index >= 15 is 0 Å². The number of hydrogen-bond acceptors (Lipinski definition) is 6. The fourth-order valence-electron chi connectivity index (χ4n) is 2.41. The van der Waals surface area contributed by atoms with Crippen molar-refractivity contribution in [3.63, 3.8) is 0 Å². The number of carbonyl (C=O) groups excluding carboxylic acids is 1. The van der Waals surface area contributed by atoms with E-state index in [1.807, 2.05) is 30.3 Å². The Morgan fingerprint density at radius 2 is 1.96 bits per heavy atom. The number of nitrogens with zero attached hydrogens (tertiary/aromatic N) is 1. The molecule has 3 rings (SSSR count). The molecule has 27 heavy (non-hydrogen) atoms. The highest BCUT2D eigenvalue weighted by Gasteiger charge is 2.14. The van der Waals surface area contributed by atoms with Crippen molar-refractivity contribution in [3.05, 3.63) is 78.6 Å². The van der Waals surface area contributed by atoms with Gasteiger partial charge in [0, 0.05) is 11.6 Å². The Hall–Kier alpha value is -3.54. The van der Waals surface area contributed by atoms with Crippen molar-refractivity contribution < 1.29 is 23.5 Å². The number of hydrogen-bond donors (Lipinski definition) is 0. The number of carbonyl (C=O) groups is 1. The van der Waals surface area contributed by atoms with Crippen molar-refractivity contribution in [1.82, 2.24) is 5.16 Å². The number of aromatic nitrogens is 1. The Morgan fingerprint density at radius 1 is 1.15 bits per heavy atom. The maximum atomic E-state index is 12.3. The SMILES string of the molecule is C=CCOc1ccc(C(=O)OCc2cc(-c3ccccc3)no2)cc1OC. The third kappa shape index (κ3) is 4.55. The first-order valence-corrected chi connectivity index (χ1v) is 8.31. The highest BCUT2D eigenvalue weighted by atomic mass is 16.5. The van der Waals surface area contributed by atoms with Crippen molar-refractivity contribution in [2.45, 2.75) is 6.61 Å². The van der Waals surface area contributed by atoms with Crippen LogP contribution in [0.2, 0.25) is 0 Å². The highest BCUT2D eigenvalue weighted by molar-refractivity contribution is 5.90. The average molecular weight is 365 g/mol. The summed E-state index contributed by atoms with van der Waals surface area (Å²) in [6, 6.07) is 16.2. The van der Waals surface area contributed by atoms with Gasteiger partial charge in [0.2, 0.25) is 0 Å². The molecular weight excluding hydrogens is 346 g/mol. The smallest absolute Gasteiger partial charge is 0.338 e. The molecule has 0 unspecified atom stereocenters. The molecule has 2 aromatic carbocycles. The molecule has 0 aliphatic heterocycles. The van der Waals surface area contributed by atoms with Gasteiger partial charge in [-0.2, -0.15) is 0 Å². The molecule has 0 spiro atoms. The number of methoxy groups -OCH3 is 1. The molecule has 0 atom stereocenters. The van der Waals surface area contributed by atoms with Crippen LogP contribution in [0.15, 0.2) is 71.8 Å². The molecule has 0 bridgehead atoms. The van der Waals surface area contributed by atoms with Crippen molar-refractivity contribution in [1.29, 1.82) is 0 Å². The van der Waals surface area contributed by atoms with Gasteiger partial charge in [-0.05, 0) is 18.2 Å². The molecule has 0 radical (unpaired) electrons. The van der Waals surface area contributed by atoms with Gasteiger partial charge in [-0.15, -0.1) is 0 Å². The molecule has 6 heteroatoms. The van der Waals surface area contributed by atoms with Crippen molar-refractivity contribution in [2.24, 2.45) is 0 Å². The molecule has 1 heterocycles. The zero-order valence-corrected chi connectivity index (χ0v) is 14.9. The van der Waals surface area contributed by atoms with Crippen LogP contribution in [0.3, 0.4) is 0 Å². The Labute approximate surface area is 157 Å². The first-order valence-electron chi connectivity index (χ1n) is 8.31. The molecule has 0 N–H and O–H groups in total. The zero-order chi connectivity index (χ0) is 19.1. The van der Waals surface area contributed by atoms with E-state index in [1.165, 1.54) is 7.11 Å². The quantitative estimate of drug-likeness (QED) is 0.438. The fraction of sp³-hybridized carbons (Fsp3) is 0.143. The summed E-state index contributed by atoms with van der Waals surface area (Å²) < 4.78 is 21.3. The van der Waals surface area contributed by atoms with Crippen LogP contribution in [0.1, 0.15) is 16.1 Å². The Kier molecular flexibility index (Phi) is 5.89. The third-order valence-corrected chi connectivity index (χ3v) is 3.73. The van der Waals surface area contributed by atoms with Gasteiger partial charge < -0.3 is 18.7 Å². The highest BCUT2D eigenvalue weighted by Crippen LogP contribution is 2.28. The van der Waals surface area contributed by atoms with Crippen LogP contribution in [0.4, 0.5) is 0 Å². The summed E-state index contributed by atoms with van der Waals surface area (Å²) >= 11 is 0. The predicted molar refractivity (Wildman–Crippen MR) is 99.7 cm³/mol. The molecular formula is C21H19NO5. The van der Waals surface area contributed by atoms with Crippen LogP contribution in [-0.4, -0.2) is 24.8 Å². The maximum absolute atomic E-state index is 12.3. The summed E-state index contributed by atoms with van der Waals surface area (Å²) in [7, 11) is 1.50. The van der Waals surface area contributed by atoms with Crippen molar-refractivity contribution in [3.8, 4) is 22.8 Å². The summed E-state index contributed by atoms with van der Waals surface area (Å²) in [5, 5.41) is 3.99. The monoisotopic (exact) mass is 365 g/mol. The van der Waals surface area contributed by atoms with Crippen LogP contribution >= 0.6 is 0 Å². The summed E-state index contributed by atoms with van der Waals surface area (Å²) in [6.45, 7) is 3.92. The second kappa shape index (κ2) is 8.71. The van der Waals surface area contributed by atoms with E-state index in [0.29, 0.717) is 35.1 Å². The van der Waals surface area contributed by atoms with Crippen LogP contribution in [0, 0.1) is 0 Å². The molecule has 0 aliphatic rings. The van der Waals surface area contributed by atoms with Crippen molar-refractivity contribution >= 4 is 5.97 Å². The van der Waals surface area contributed by atoms with Gasteiger partial charge >= 0.3 is 5.97 Å². The van der Waals surface area contributed by atoms with E-state index < -0.39 is 5.97 Å². The molecule has 0 saturated carbocycles. The van der Waals surface area contributed by atoms with Crippen LogP contribution in [-0.2, 0) is 11.3 Å². The first-order chi connectivity index (χ1) is 13.2. The van der Waals surface area contributed by atoms with Crippen molar-refractivity contribution in [2.75, 3.05) is 13.7 Å². The zero-order valence-electron chi connectivity index (χ0n) is 14.9. The second-order valence-electron chi connectivity index (χ2n) is 5.59. The number of esters is 1. The lowest BCUT2D eigenvalue weighted by atomic mass is 10.1. The van der Waals surface area contributed by atoms with Gasteiger partial charge in [-0.25, -0.2) is 4.79 Å². The standard InChI is InChI=1S/C21H19NO5/c1-3-11-25-19-10-9-16(12-20(19)24-2)21(23)26-14-17-13-18(22-27-17)15-7-5-4-6-8-15/h3-10,12-13H,1,11,14H2,2H3. The van der Waals surface area contributed by atoms with E-state index in [9.17, 15) is 4.79 Å². The Bertz CT molecular complexity index is 917. The molecule has 138 valence electrons. The largest absolute Gasteiger partial charge is 0.493 e. The Morgan fingerprint density at radius 3 is 2.70 bits per heavy atom. The summed E-state index contributed by atoms with van der Waals surface area (Å²) in [6.07, 6.45) is 1.63. The van der Waals surface area contributed by atoms with Gasteiger partial charge in [0.1, 0.15) is 12.3 Å². The summed E-state index contributed by atoms with van der Waals surface area (Å²) in [4.78, 5) is 12.3. The van der Waals surface area contributed by atoms with Gasteiger partial charge in [0.05, 0.1) is 12.7 Å². The molecule has 0 saturated heterocycles. The van der Waals surface area contributed by atoms with E-state index in [0.717, 1.165) is 5.56 Å². The third-order valence-electron chi connectivity index (χ3n) is 3.73. The predicted octanol–water partition coefficient (Wildman–Crippen LogP) is 4.27. The van der Waals surface area contributed by atoms with Gasteiger partial charge in [-0.1, -0.05) is 48.1 Å². The molecule has 1 aromatic heterocycles. The number of ether oxygens (including phenoxy) is 3. The summed E-state index contributed by atoms with van der Waals surface area (Å²) in [5.74, 6) is 0.926. The van der Waals surface area contributed by atoms with E-state index in [2.05, 4.69) is 11.7 Å². The van der Waals surface area contributed by atoms with Gasteiger partial charge in [0.15, 0.2) is 23.9 Å². The Balaban J connectivity index is 1.64. The average Bonchev–Trinajstić information content (AvgIpc) is 3.20. The van der Waals surface area contributed by atoms with E-state index in [-0.39, 0.29) is 6.61 Å². The minimum atomic E-state index is -0.499. The fourth-order valence-corrected chi connectivity index (χ4v) is 2.41.